The minimum Gasteiger partial charge on any atom is -0.493 e. The van der Waals surface area contributed by atoms with Crippen molar-refractivity contribution in [2.75, 3.05) is 7.11 Å². The molecule has 2 aromatic carbocycles. The molecule has 0 saturated heterocycles. The summed E-state index contributed by atoms with van der Waals surface area (Å²) in [5, 5.41) is 0. The van der Waals surface area contributed by atoms with E-state index in [1.54, 1.807) is 6.07 Å². The van der Waals surface area contributed by atoms with E-state index in [4.69, 9.17) is 9.47 Å². The number of rotatable bonds is 5. The minimum absolute atomic E-state index is 0.0450. The molecular formula is C16H12F4O3. The number of hydrogen-bond acceptors (Lipinski definition) is 3. The molecular weight excluding hydrogens is 316 g/mol. The molecule has 0 unspecified atom stereocenters. The number of para-hydroxylation sites is 1. The summed E-state index contributed by atoms with van der Waals surface area (Å²) in [6, 6.07) is 9.23. The van der Waals surface area contributed by atoms with Gasteiger partial charge in [0.2, 0.25) is 0 Å². The molecule has 0 amide bonds. The van der Waals surface area contributed by atoms with Crippen molar-refractivity contribution < 1.29 is 31.8 Å². The minimum atomic E-state index is -5.05. The van der Waals surface area contributed by atoms with Gasteiger partial charge in [-0.1, -0.05) is 24.3 Å². The van der Waals surface area contributed by atoms with Gasteiger partial charge in [-0.05, 0) is 18.2 Å². The Bertz CT molecular complexity index is 711. The largest absolute Gasteiger partial charge is 0.493 e. The van der Waals surface area contributed by atoms with Crippen LogP contribution in [0.25, 0.3) is 0 Å². The first kappa shape index (κ1) is 16.8. The normalized spacial score (nSPS) is 11.2. The Morgan fingerprint density at radius 2 is 1.78 bits per heavy atom. The van der Waals surface area contributed by atoms with E-state index < -0.39 is 23.3 Å². The van der Waals surface area contributed by atoms with E-state index in [9.17, 15) is 22.4 Å². The van der Waals surface area contributed by atoms with Crippen molar-refractivity contribution in [3.63, 3.8) is 0 Å². The lowest BCUT2D eigenvalue weighted by Gasteiger charge is -2.15. The first-order chi connectivity index (χ1) is 10.8. The number of methoxy groups -OCH3 is 1. The zero-order chi connectivity index (χ0) is 17.0. The van der Waals surface area contributed by atoms with Gasteiger partial charge in [0.25, 0.3) is 5.78 Å². The lowest BCUT2D eigenvalue weighted by molar-refractivity contribution is -0.0887. The van der Waals surface area contributed by atoms with Crippen molar-refractivity contribution in [3.05, 3.63) is 59.4 Å². The summed E-state index contributed by atoms with van der Waals surface area (Å²) in [5.74, 6) is -3.04. The van der Waals surface area contributed by atoms with Gasteiger partial charge < -0.3 is 9.47 Å². The smallest absolute Gasteiger partial charge is 0.455 e. The van der Waals surface area contributed by atoms with Gasteiger partial charge in [0.1, 0.15) is 12.4 Å². The molecule has 7 heteroatoms. The van der Waals surface area contributed by atoms with Crippen molar-refractivity contribution in [3.8, 4) is 11.5 Å². The van der Waals surface area contributed by atoms with Gasteiger partial charge >= 0.3 is 6.18 Å². The van der Waals surface area contributed by atoms with Crippen LogP contribution in [0.1, 0.15) is 15.9 Å². The molecule has 0 aliphatic heterocycles. The van der Waals surface area contributed by atoms with Crippen molar-refractivity contribution in [1.29, 1.82) is 0 Å². The summed E-state index contributed by atoms with van der Waals surface area (Å²) < 4.78 is 61.8. The number of alkyl halides is 3. The molecule has 0 aromatic heterocycles. The summed E-state index contributed by atoms with van der Waals surface area (Å²) in [7, 11) is 1.23. The summed E-state index contributed by atoms with van der Waals surface area (Å²) >= 11 is 0. The van der Waals surface area contributed by atoms with E-state index in [0.29, 0.717) is 0 Å². The Morgan fingerprint density at radius 1 is 1.09 bits per heavy atom. The van der Waals surface area contributed by atoms with E-state index in [0.717, 1.165) is 6.07 Å². The molecule has 0 N–H and O–H groups in total. The average molecular weight is 328 g/mol. The molecule has 0 spiro atoms. The first-order valence-electron chi connectivity index (χ1n) is 6.49. The summed E-state index contributed by atoms with van der Waals surface area (Å²) in [6.45, 7) is -0.342. The zero-order valence-electron chi connectivity index (χ0n) is 12.0. The number of halogens is 4. The van der Waals surface area contributed by atoms with Gasteiger partial charge in [-0.25, -0.2) is 4.39 Å². The third kappa shape index (κ3) is 3.80. The van der Waals surface area contributed by atoms with Crippen molar-refractivity contribution in [2.24, 2.45) is 0 Å². The number of ketones is 1. The number of hydrogen-bond donors (Lipinski definition) is 0. The number of carbonyl (C=O) groups excluding carboxylic acids is 1. The molecule has 0 heterocycles. The quantitative estimate of drug-likeness (QED) is 0.611. The fourth-order valence-corrected chi connectivity index (χ4v) is 1.92. The molecule has 0 atom stereocenters. The van der Waals surface area contributed by atoms with E-state index in [2.05, 4.69) is 0 Å². The molecule has 23 heavy (non-hydrogen) atoms. The van der Waals surface area contributed by atoms with Gasteiger partial charge in [0, 0.05) is 5.56 Å². The lowest BCUT2D eigenvalue weighted by atomic mass is 10.1. The predicted octanol–water partition coefficient (Wildman–Crippen LogP) is 4.16. The average Bonchev–Trinajstić information content (AvgIpc) is 2.52. The van der Waals surface area contributed by atoms with Crippen LogP contribution in [0.2, 0.25) is 0 Å². The molecule has 3 nitrogen and oxygen atoms in total. The van der Waals surface area contributed by atoms with Gasteiger partial charge in [-0.15, -0.1) is 0 Å². The third-order valence-corrected chi connectivity index (χ3v) is 3.03. The van der Waals surface area contributed by atoms with Crippen LogP contribution >= 0.6 is 0 Å². The highest BCUT2D eigenvalue weighted by atomic mass is 19.4. The van der Waals surface area contributed by atoms with Crippen LogP contribution in [0.5, 0.6) is 11.5 Å². The van der Waals surface area contributed by atoms with Crippen LogP contribution in [0, 0.1) is 5.82 Å². The van der Waals surface area contributed by atoms with Gasteiger partial charge in [0.05, 0.1) is 12.7 Å². The highest BCUT2D eigenvalue weighted by Gasteiger charge is 2.41. The standard InChI is InChI=1S/C16H12F4O3/c1-22-13-8-4-6-11(15(21)16(18,19)20)14(13)23-9-10-5-2-3-7-12(10)17/h2-8H,9H2,1H3. The second-order valence-corrected chi connectivity index (χ2v) is 4.54. The Hall–Kier alpha value is -2.57. The first-order valence-corrected chi connectivity index (χ1v) is 6.49. The topological polar surface area (TPSA) is 35.5 Å². The maximum absolute atomic E-state index is 13.6. The Labute approximate surface area is 129 Å². The number of ether oxygens (including phenoxy) is 2. The van der Waals surface area contributed by atoms with Crippen LogP contribution in [0.3, 0.4) is 0 Å². The van der Waals surface area contributed by atoms with E-state index in [1.165, 1.54) is 37.4 Å². The fourth-order valence-electron chi connectivity index (χ4n) is 1.92. The second kappa shape index (κ2) is 6.68. The SMILES string of the molecule is COc1cccc(C(=O)C(F)(F)F)c1OCc1ccccc1F. The Balaban J connectivity index is 2.36. The lowest BCUT2D eigenvalue weighted by Crippen LogP contribution is -2.23. The monoisotopic (exact) mass is 328 g/mol. The molecule has 0 radical (unpaired) electrons. The van der Waals surface area contributed by atoms with Crippen molar-refractivity contribution in [1.82, 2.24) is 0 Å². The summed E-state index contributed by atoms with van der Waals surface area (Å²) in [6.07, 6.45) is -5.05. The zero-order valence-corrected chi connectivity index (χ0v) is 12.0. The fraction of sp³-hybridized carbons (Fsp3) is 0.188. The molecule has 0 saturated carbocycles. The number of carbonyl (C=O) groups is 1. The molecule has 0 fully saturated rings. The van der Waals surface area contributed by atoms with Crippen molar-refractivity contribution in [2.45, 2.75) is 12.8 Å². The highest BCUT2D eigenvalue weighted by molar-refractivity contribution is 6.03. The summed E-state index contributed by atoms with van der Waals surface area (Å²) in [5.41, 5.74) is -0.544. The van der Waals surface area contributed by atoms with Gasteiger partial charge in [-0.3, -0.25) is 4.79 Å². The van der Waals surface area contributed by atoms with Crippen LogP contribution in [-0.4, -0.2) is 19.1 Å². The third-order valence-electron chi connectivity index (χ3n) is 3.03. The van der Waals surface area contributed by atoms with E-state index >= 15 is 0 Å². The molecule has 122 valence electrons. The Morgan fingerprint density at radius 3 is 2.39 bits per heavy atom. The predicted molar refractivity (Wildman–Crippen MR) is 74.1 cm³/mol. The molecule has 0 aliphatic rings. The van der Waals surface area contributed by atoms with Crippen LogP contribution in [-0.2, 0) is 6.61 Å². The molecule has 0 bridgehead atoms. The number of Topliss-reactive ketones (excluding diaryl/α,β-unsaturated/α-hetero) is 1. The number of benzene rings is 2. The van der Waals surface area contributed by atoms with Crippen LogP contribution < -0.4 is 9.47 Å². The van der Waals surface area contributed by atoms with E-state index in [-0.39, 0.29) is 23.7 Å². The summed E-state index contributed by atoms with van der Waals surface area (Å²) in [4.78, 5) is 11.5. The van der Waals surface area contributed by atoms with Crippen LogP contribution in [0.4, 0.5) is 17.6 Å². The second-order valence-electron chi connectivity index (χ2n) is 4.54. The maximum Gasteiger partial charge on any atom is 0.455 e. The highest BCUT2D eigenvalue weighted by Crippen LogP contribution is 2.35. The molecule has 2 rings (SSSR count). The molecule has 0 aliphatic carbocycles. The Kier molecular flexibility index (Phi) is 4.88. The van der Waals surface area contributed by atoms with Gasteiger partial charge in [0.15, 0.2) is 11.5 Å². The maximum atomic E-state index is 13.6. The van der Waals surface area contributed by atoms with Gasteiger partial charge in [-0.2, -0.15) is 13.2 Å². The van der Waals surface area contributed by atoms with Crippen LogP contribution in [0.15, 0.2) is 42.5 Å². The van der Waals surface area contributed by atoms with E-state index in [1.807, 2.05) is 0 Å². The van der Waals surface area contributed by atoms with Crippen molar-refractivity contribution >= 4 is 5.78 Å². The molecule has 2 aromatic rings.